The molecule has 0 spiro atoms. The van der Waals surface area contributed by atoms with Crippen molar-refractivity contribution in [2.75, 3.05) is 25.1 Å². The van der Waals surface area contributed by atoms with Crippen molar-refractivity contribution in [1.82, 2.24) is 14.7 Å². The minimum Gasteiger partial charge on any atom is -0.381 e. The van der Waals surface area contributed by atoms with Gasteiger partial charge < -0.3 is 9.64 Å². The molecule has 0 radical (unpaired) electrons. The number of nitrogens with zero attached hydrogens (tertiary/aromatic N) is 3. The van der Waals surface area contributed by atoms with Crippen LogP contribution in [0, 0.1) is 5.92 Å². The van der Waals surface area contributed by atoms with Gasteiger partial charge in [-0.3, -0.25) is 5.32 Å². The van der Waals surface area contributed by atoms with Crippen molar-refractivity contribution in [3.8, 4) is 0 Å². The molecule has 1 unspecified atom stereocenters. The molecule has 0 saturated carbocycles. The summed E-state index contributed by atoms with van der Waals surface area (Å²) in [7, 11) is 0. The van der Waals surface area contributed by atoms with Gasteiger partial charge in [0.25, 0.3) is 0 Å². The zero-order valence-corrected chi connectivity index (χ0v) is 15.8. The second-order valence-corrected chi connectivity index (χ2v) is 7.60. The van der Waals surface area contributed by atoms with E-state index in [1.807, 2.05) is 16.8 Å². The molecule has 1 aromatic carbocycles. The number of hydrogen-bond donors (Lipinski definition) is 1. The van der Waals surface area contributed by atoms with Gasteiger partial charge in [0.15, 0.2) is 0 Å². The van der Waals surface area contributed by atoms with Gasteiger partial charge in [-0.15, -0.1) is 0 Å². The lowest BCUT2D eigenvalue weighted by Crippen LogP contribution is -2.39. The van der Waals surface area contributed by atoms with Crippen LogP contribution in [0.5, 0.6) is 0 Å². The van der Waals surface area contributed by atoms with Crippen LogP contribution in [0.1, 0.15) is 17.5 Å². The van der Waals surface area contributed by atoms with Crippen LogP contribution in [0.15, 0.2) is 24.4 Å². The summed E-state index contributed by atoms with van der Waals surface area (Å²) in [5.74, 6) is 1.14. The van der Waals surface area contributed by atoms with E-state index in [4.69, 9.17) is 27.9 Å². The highest BCUT2D eigenvalue weighted by Crippen LogP contribution is 2.30. The van der Waals surface area contributed by atoms with Gasteiger partial charge in [-0.05, 0) is 36.1 Å². The maximum Gasteiger partial charge on any atom is 0.323 e. The molecule has 2 amide bonds. The van der Waals surface area contributed by atoms with Crippen LogP contribution in [0.25, 0.3) is 0 Å². The first kappa shape index (κ1) is 17.6. The fourth-order valence-corrected chi connectivity index (χ4v) is 4.10. The van der Waals surface area contributed by atoms with Gasteiger partial charge in [-0.2, -0.15) is 5.10 Å². The van der Waals surface area contributed by atoms with Crippen molar-refractivity contribution in [2.45, 2.75) is 25.9 Å². The minimum absolute atomic E-state index is 0.147. The Morgan fingerprint density at radius 1 is 1.38 bits per heavy atom. The monoisotopic (exact) mass is 394 g/mol. The number of halogens is 2. The number of nitrogens with one attached hydrogen (secondary N) is 1. The summed E-state index contributed by atoms with van der Waals surface area (Å²) in [6.07, 6.45) is 3.47. The summed E-state index contributed by atoms with van der Waals surface area (Å²) in [5, 5.41) is 8.54. The maximum atomic E-state index is 12.7. The van der Waals surface area contributed by atoms with E-state index >= 15 is 0 Å². The van der Waals surface area contributed by atoms with E-state index in [1.165, 1.54) is 0 Å². The molecule has 26 heavy (non-hydrogen) atoms. The van der Waals surface area contributed by atoms with Crippen LogP contribution in [0.4, 0.5) is 10.6 Å². The standard InChI is InChI=1S/C18H20Cl2N4O2/c19-14-7-13-2-5-23(10-15(13)16(20)8-14)18(25)22-17-1-4-21-24(17)9-12-3-6-26-11-12/h1,4,7-8,12H,2-3,5-6,9-11H2,(H,22,25). The van der Waals surface area contributed by atoms with Crippen molar-refractivity contribution in [1.29, 1.82) is 0 Å². The van der Waals surface area contributed by atoms with Gasteiger partial charge in [-0.1, -0.05) is 23.2 Å². The molecule has 3 heterocycles. The molecule has 0 bridgehead atoms. The Balaban J connectivity index is 1.43. The van der Waals surface area contributed by atoms with Gasteiger partial charge in [0, 0.05) is 48.3 Å². The fraction of sp³-hybridized carbons (Fsp3) is 0.444. The number of carbonyl (C=O) groups is 1. The minimum atomic E-state index is -0.147. The lowest BCUT2D eigenvalue weighted by atomic mass is 10.00. The number of fused-ring (bicyclic) bond motifs is 1. The second kappa shape index (κ2) is 7.47. The molecule has 2 aliphatic heterocycles. The Morgan fingerprint density at radius 2 is 2.27 bits per heavy atom. The van der Waals surface area contributed by atoms with Gasteiger partial charge in [0.05, 0.1) is 12.8 Å². The molecular formula is C18H20Cl2N4O2. The Kier molecular flexibility index (Phi) is 5.07. The number of hydrogen-bond acceptors (Lipinski definition) is 3. The zero-order chi connectivity index (χ0) is 18.1. The Labute approximate surface area is 162 Å². The largest absolute Gasteiger partial charge is 0.381 e. The van der Waals surface area contributed by atoms with Crippen LogP contribution >= 0.6 is 23.2 Å². The average molecular weight is 395 g/mol. The molecule has 1 saturated heterocycles. The number of urea groups is 1. The summed E-state index contributed by atoms with van der Waals surface area (Å²) in [6, 6.07) is 5.32. The van der Waals surface area contributed by atoms with Crippen molar-refractivity contribution in [3.63, 3.8) is 0 Å². The van der Waals surface area contributed by atoms with E-state index in [2.05, 4.69) is 10.4 Å². The number of aromatic nitrogens is 2. The number of carbonyl (C=O) groups excluding carboxylic acids is 1. The van der Waals surface area contributed by atoms with E-state index in [-0.39, 0.29) is 6.03 Å². The number of benzene rings is 1. The van der Waals surface area contributed by atoms with Crippen molar-refractivity contribution < 1.29 is 9.53 Å². The predicted octanol–water partition coefficient (Wildman–Crippen LogP) is 3.82. The van der Waals surface area contributed by atoms with Crippen LogP contribution in [0.2, 0.25) is 10.0 Å². The summed E-state index contributed by atoms with van der Waals surface area (Å²) in [5.41, 5.74) is 2.08. The first-order valence-corrected chi connectivity index (χ1v) is 9.48. The first-order chi connectivity index (χ1) is 12.6. The Bertz CT molecular complexity index is 818. The van der Waals surface area contributed by atoms with Crippen LogP contribution < -0.4 is 5.32 Å². The topological polar surface area (TPSA) is 59.4 Å². The molecular weight excluding hydrogens is 375 g/mol. The molecule has 1 N–H and O–H groups in total. The lowest BCUT2D eigenvalue weighted by molar-refractivity contribution is 0.181. The second-order valence-electron chi connectivity index (χ2n) is 6.76. The highest BCUT2D eigenvalue weighted by molar-refractivity contribution is 6.35. The Hall–Kier alpha value is -1.76. The van der Waals surface area contributed by atoms with E-state index in [9.17, 15) is 4.79 Å². The third kappa shape index (κ3) is 3.68. The maximum absolute atomic E-state index is 12.7. The van der Waals surface area contributed by atoms with Gasteiger partial charge in [-0.25, -0.2) is 9.48 Å². The SMILES string of the molecule is O=C(Nc1ccnn1CC1CCOC1)N1CCc2cc(Cl)cc(Cl)c2C1. The molecule has 0 aliphatic carbocycles. The third-order valence-corrected chi connectivity index (χ3v) is 5.50. The first-order valence-electron chi connectivity index (χ1n) is 8.72. The Morgan fingerprint density at radius 3 is 3.08 bits per heavy atom. The summed E-state index contributed by atoms with van der Waals surface area (Å²) in [4.78, 5) is 14.5. The molecule has 1 aromatic heterocycles. The van der Waals surface area contributed by atoms with Crippen molar-refractivity contribution in [2.24, 2.45) is 5.92 Å². The summed E-state index contributed by atoms with van der Waals surface area (Å²) < 4.78 is 7.25. The lowest BCUT2D eigenvalue weighted by Gasteiger charge is -2.29. The summed E-state index contributed by atoms with van der Waals surface area (Å²) in [6.45, 7) is 3.39. The predicted molar refractivity (Wildman–Crippen MR) is 101 cm³/mol. The van der Waals surface area contributed by atoms with E-state index in [1.54, 1.807) is 17.2 Å². The third-order valence-electron chi connectivity index (χ3n) is 4.95. The molecule has 4 rings (SSSR count). The van der Waals surface area contributed by atoms with E-state index in [0.717, 1.165) is 43.7 Å². The quantitative estimate of drug-likeness (QED) is 0.860. The highest BCUT2D eigenvalue weighted by Gasteiger charge is 2.24. The van der Waals surface area contributed by atoms with Crippen LogP contribution in [-0.2, 0) is 24.2 Å². The smallest absolute Gasteiger partial charge is 0.323 e. The van der Waals surface area contributed by atoms with Crippen LogP contribution in [-0.4, -0.2) is 40.5 Å². The van der Waals surface area contributed by atoms with Crippen molar-refractivity contribution in [3.05, 3.63) is 45.6 Å². The molecule has 1 fully saturated rings. The number of anilines is 1. The van der Waals surface area contributed by atoms with E-state index in [0.29, 0.717) is 34.9 Å². The normalized spacial score (nSPS) is 19.5. The molecule has 8 heteroatoms. The van der Waals surface area contributed by atoms with Gasteiger partial charge >= 0.3 is 6.03 Å². The van der Waals surface area contributed by atoms with Gasteiger partial charge in [0.2, 0.25) is 0 Å². The fourth-order valence-electron chi connectivity index (χ4n) is 3.50. The average Bonchev–Trinajstić information content (AvgIpc) is 3.27. The number of rotatable bonds is 3. The summed E-state index contributed by atoms with van der Waals surface area (Å²) >= 11 is 12.4. The molecule has 6 nitrogen and oxygen atoms in total. The molecule has 2 aliphatic rings. The number of amides is 2. The highest BCUT2D eigenvalue weighted by atomic mass is 35.5. The van der Waals surface area contributed by atoms with Crippen molar-refractivity contribution >= 4 is 35.1 Å². The van der Waals surface area contributed by atoms with E-state index < -0.39 is 0 Å². The van der Waals surface area contributed by atoms with Gasteiger partial charge in [0.1, 0.15) is 5.82 Å². The molecule has 2 aromatic rings. The zero-order valence-electron chi connectivity index (χ0n) is 14.3. The molecule has 138 valence electrons. The van der Waals surface area contributed by atoms with Crippen LogP contribution in [0.3, 0.4) is 0 Å². The molecule has 1 atom stereocenters. The number of ether oxygens (including phenoxy) is 1.